The van der Waals surface area contributed by atoms with E-state index in [0.717, 1.165) is 0 Å². The molecule has 1 spiro atoms. The lowest BCUT2D eigenvalue weighted by molar-refractivity contribution is 0.750. The van der Waals surface area contributed by atoms with E-state index in [-0.39, 0.29) is 6.71 Å². The lowest BCUT2D eigenvalue weighted by Crippen LogP contribution is -2.62. The quantitative estimate of drug-likeness (QED) is 0.152. The van der Waals surface area contributed by atoms with E-state index in [2.05, 4.69) is 239 Å². The van der Waals surface area contributed by atoms with Crippen molar-refractivity contribution in [3.63, 3.8) is 0 Å². The molecule has 7 heteroatoms. The first-order valence-electron chi connectivity index (χ1n) is 26.5. The third-order valence-corrected chi connectivity index (χ3v) is 26.0. The molecule has 2 nitrogen and oxygen atoms in total. The third-order valence-electron chi connectivity index (χ3n) is 17.8. The minimum Gasteiger partial charge on any atom is -0.310 e. The number of hydrogen-bond acceptors (Lipinski definition) is 0. The van der Waals surface area contributed by atoms with Crippen LogP contribution in [0.15, 0.2) is 152 Å². The fourth-order valence-electron chi connectivity index (χ4n) is 14.3. The van der Waals surface area contributed by atoms with Gasteiger partial charge in [-0.1, -0.05) is 239 Å². The van der Waals surface area contributed by atoms with Gasteiger partial charge in [-0.2, -0.15) is 0 Å². The molecule has 72 heavy (non-hydrogen) atoms. The van der Waals surface area contributed by atoms with Crippen LogP contribution in [0.25, 0.3) is 88.0 Å². The van der Waals surface area contributed by atoms with Crippen molar-refractivity contribution in [1.82, 2.24) is 9.13 Å². The Morgan fingerprint density at radius 3 is 1.47 bits per heavy atom. The molecular formula is C65H61BN2Si4. The molecule has 0 fully saturated rings. The van der Waals surface area contributed by atoms with E-state index in [9.17, 15) is 0 Å². The van der Waals surface area contributed by atoms with Crippen molar-refractivity contribution in [1.29, 1.82) is 0 Å². The summed E-state index contributed by atoms with van der Waals surface area (Å²) in [6.45, 7) is 30.6. The maximum Gasteiger partial charge on any atom is 0.252 e. The summed E-state index contributed by atoms with van der Waals surface area (Å²) < 4.78 is 5.65. The van der Waals surface area contributed by atoms with E-state index in [1.54, 1.807) is 10.4 Å². The molecule has 15 rings (SSSR count). The number of rotatable bonds is 5. The van der Waals surface area contributed by atoms with E-state index >= 15 is 0 Å². The van der Waals surface area contributed by atoms with Crippen molar-refractivity contribution in [2.45, 2.75) is 84.0 Å². The van der Waals surface area contributed by atoms with Crippen LogP contribution >= 0.6 is 0 Å². The summed E-state index contributed by atoms with van der Waals surface area (Å²) in [7, 11) is -7.30. The molecule has 0 N–H and O–H groups in total. The van der Waals surface area contributed by atoms with Crippen LogP contribution in [0.2, 0.25) is 78.6 Å². The zero-order chi connectivity index (χ0) is 49.5. The van der Waals surface area contributed by atoms with Gasteiger partial charge in [0.15, 0.2) is 0 Å². The van der Waals surface area contributed by atoms with Gasteiger partial charge in [0.2, 0.25) is 0 Å². The first-order chi connectivity index (χ1) is 34.3. The summed E-state index contributed by atoms with van der Waals surface area (Å²) >= 11 is 0. The number of fused-ring (bicyclic) bond motifs is 15. The molecule has 0 saturated heterocycles. The predicted octanol–water partition coefficient (Wildman–Crippen LogP) is 12.7. The Bertz CT molecular complexity index is 4280. The van der Waals surface area contributed by atoms with Crippen LogP contribution in [-0.4, -0.2) is 48.1 Å². The summed E-state index contributed by atoms with van der Waals surface area (Å²) in [5.41, 5.74) is 23.2. The standard InChI is InChI=1S/C65H61BN2Si4/c1-69(2,3)39-28-29-58-47(30-39)48-32-41(71(7,8)9)35-56-61(48)67(58)63-51(44-25-19-21-38-20-13-14-22-43(38)44)37-55-64-59(63)66(56)57-36-42(72(10,11)12)33-50-49-31-40(70(4,5)6)34-54(60(49)68(64)62(50)57)65(55)52-26-17-15-23-45(52)46-24-16-18-27-53(46)65/h13-37H,1-12H3. The lowest BCUT2D eigenvalue weighted by Gasteiger charge is -2.45. The van der Waals surface area contributed by atoms with E-state index in [4.69, 9.17) is 0 Å². The molecule has 9 aromatic carbocycles. The van der Waals surface area contributed by atoms with Crippen LogP contribution in [-0.2, 0) is 5.41 Å². The van der Waals surface area contributed by atoms with Gasteiger partial charge in [0.05, 0.1) is 54.4 Å². The smallest absolute Gasteiger partial charge is 0.252 e. The van der Waals surface area contributed by atoms with Crippen molar-refractivity contribution < 1.29 is 0 Å². The van der Waals surface area contributed by atoms with Crippen LogP contribution in [0.3, 0.4) is 0 Å². The van der Waals surface area contributed by atoms with Crippen LogP contribution in [0.1, 0.15) is 22.3 Å². The van der Waals surface area contributed by atoms with Gasteiger partial charge >= 0.3 is 0 Å². The summed E-state index contributed by atoms with van der Waals surface area (Å²) in [6, 6.07) is 61.7. The van der Waals surface area contributed by atoms with Gasteiger partial charge in [0.25, 0.3) is 6.71 Å². The largest absolute Gasteiger partial charge is 0.310 e. The summed E-state index contributed by atoms with van der Waals surface area (Å²) in [6.07, 6.45) is 0. The Morgan fingerprint density at radius 2 is 0.847 bits per heavy atom. The molecule has 0 saturated carbocycles. The molecule has 11 aromatic rings. The zero-order valence-corrected chi connectivity index (χ0v) is 47.9. The zero-order valence-electron chi connectivity index (χ0n) is 43.9. The van der Waals surface area contributed by atoms with Crippen LogP contribution in [0.5, 0.6) is 0 Å². The fourth-order valence-corrected chi connectivity index (χ4v) is 18.9. The minimum atomic E-state index is -1.89. The highest BCUT2D eigenvalue weighted by molar-refractivity contribution is 7.02. The molecule has 4 aliphatic rings. The van der Waals surface area contributed by atoms with E-state index in [0.29, 0.717) is 0 Å². The number of aromatic nitrogens is 2. The van der Waals surface area contributed by atoms with Gasteiger partial charge in [-0.05, 0) is 78.2 Å². The van der Waals surface area contributed by atoms with Crippen LogP contribution < -0.4 is 37.1 Å². The van der Waals surface area contributed by atoms with Crippen molar-refractivity contribution in [3.8, 4) is 33.6 Å². The van der Waals surface area contributed by atoms with Gasteiger partial charge in [-0.15, -0.1) is 0 Å². The fraction of sp³-hybridized carbons (Fsp3) is 0.200. The second-order valence-corrected chi connectivity index (χ2v) is 46.4. The Balaban J connectivity index is 1.27. The van der Waals surface area contributed by atoms with Gasteiger partial charge < -0.3 is 9.13 Å². The SMILES string of the molecule is C[Si](C)(C)c1ccc2c(c1)c1cc([Si](C)(C)C)cc3c1n2-c1c(-c2cccc4ccccc24)cc2c4c1B3c1cc([Si](C)(C)C)cc3c5cc([Si](C)(C)C)cc(c5n-4c13)C21c2ccccc2-c2ccccc21. The van der Waals surface area contributed by atoms with Crippen molar-refractivity contribution in [2.24, 2.45) is 0 Å². The van der Waals surface area contributed by atoms with Crippen LogP contribution in [0, 0.1) is 0 Å². The van der Waals surface area contributed by atoms with Gasteiger partial charge in [0.1, 0.15) is 0 Å². The molecule has 0 radical (unpaired) electrons. The van der Waals surface area contributed by atoms with Crippen LogP contribution in [0.4, 0.5) is 0 Å². The van der Waals surface area contributed by atoms with E-state index in [1.807, 2.05) is 0 Å². The number of hydrogen-bond donors (Lipinski definition) is 0. The normalized spacial score (nSPS) is 15.0. The first kappa shape index (κ1) is 43.4. The highest BCUT2D eigenvalue weighted by atomic mass is 28.3. The molecular weight excluding hydrogens is 932 g/mol. The van der Waals surface area contributed by atoms with Crippen molar-refractivity contribution in [2.75, 3.05) is 0 Å². The molecule has 2 aromatic heterocycles. The molecule has 0 bridgehead atoms. The van der Waals surface area contributed by atoms with Crippen molar-refractivity contribution >= 4 is 131 Å². The molecule has 3 aliphatic heterocycles. The summed E-state index contributed by atoms with van der Waals surface area (Å²) in [4.78, 5) is 0. The average molecular weight is 993 g/mol. The monoisotopic (exact) mass is 992 g/mol. The Morgan fingerprint density at radius 1 is 0.347 bits per heavy atom. The van der Waals surface area contributed by atoms with E-state index < -0.39 is 37.7 Å². The van der Waals surface area contributed by atoms with Gasteiger partial charge in [0, 0.05) is 43.8 Å². The molecule has 5 heterocycles. The number of benzene rings is 9. The summed E-state index contributed by atoms with van der Waals surface area (Å²) in [5.74, 6) is 0. The predicted molar refractivity (Wildman–Crippen MR) is 326 cm³/mol. The topological polar surface area (TPSA) is 9.86 Å². The minimum absolute atomic E-state index is 0.0216. The van der Waals surface area contributed by atoms with E-state index in [1.165, 1.54) is 137 Å². The number of nitrogens with zero attached hydrogens (tertiary/aromatic N) is 2. The van der Waals surface area contributed by atoms with Gasteiger partial charge in [-0.3, -0.25) is 0 Å². The molecule has 0 atom stereocenters. The highest BCUT2D eigenvalue weighted by Gasteiger charge is 2.55. The molecule has 350 valence electrons. The maximum absolute atomic E-state index is 2.85. The highest BCUT2D eigenvalue weighted by Crippen LogP contribution is 2.62. The molecule has 0 unspecified atom stereocenters. The maximum atomic E-state index is 2.85. The lowest BCUT2D eigenvalue weighted by atomic mass is 9.33. The molecule has 0 amide bonds. The first-order valence-corrected chi connectivity index (χ1v) is 40.5. The Kier molecular flexibility index (Phi) is 8.24. The Hall–Kier alpha value is -6.23. The Labute approximate surface area is 428 Å². The molecule has 1 aliphatic carbocycles. The third kappa shape index (κ3) is 5.30. The second kappa shape index (κ2) is 13.7. The van der Waals surface area contributed by atoms with Crippen molar-refractivity contribution in [3.05, 3.63) is 174 Å². The van der Waals surface area contributed by atoms with Gasteiger partial charge in [-0.25, -0.2) is 0 Å². The average Bonchev–Trinajstić information content (AvgIpc) is 3.96. The summed E-state index contributed by atoms with van der Waals surface area (Å²) in [5, 5.41) is 14.4. The second-order valence-electron chi connectivity index (χ2n) is 26.1.